The lowest BCUT2D eigenvalue weighted by Gasteiger charge is -1.88. The molecule has 0 fully saturated rings. The first kappa shape index (κ1) is 11.6. The third-order valence-electron chi connectivity index (χ3n) is 1.19. The highest BCUT2D eigenvalue weighted by molar-refractivity contribution is 5.87. The molecule has 1 aromatic carbocycles. The largest absolute Gasteiger partial charge is 0.478 e. The van der Waals surface area contributed by atoms with E-state index >= 15 is 0 Å². The number of benzene rings is 1. The molecule has 72 valence electrons. The van der Waals surface area contributed by atoms with Crippen LogP contribution in [0.15, 0.2) is 30.3 Å². The van der Waals surface area contributed by atoms with E-state index in [2.05, 4.69) is 0 Å². The molecule has 0 aromatic heterocycles. The number of carboxylic acids is 1. The minimum absolute atomic E-state index is 0.331. The van der Waals surface area contributed by atoms with Gasteiger partial charge in [-0.2, -0.15) is 0 Å². The van der Waals surface area contributed by atoms with E-state index in [1.165, 1.54) is 0 Å². The molecule has 0 atom stereocenters. The van der Waals surface area contributed by atoms with Crippen LogP contribution in [0.2, 0.25) is 0 Å². The number of carboxylic acid groups (broad SMARTS) is 1. The van der Waals surface area contributed by atoms with Crippen molar-refractivity contribution < 1.29 is 9.90 Å². The molecule has 0 heterocycles. The van der Waals surface area contributed by atoms with Crippen LogP contribution in [0, 0.1) is 0 Å². The standard InChI is InChI=1S/C7H6O2.C2H8N2/c8-7(9)6-4-2-1-3-5-6;3-1-2-4/h1-5H,(H,8,9);1-4H2. The highest BCUT2D eigenvalue weighted by atomic mass is 16.4. The maximum absolute atomic E-state index is 10.2. The van der Waals surface area contributed by atoms with E-state index in [-0.39, 0.29) is 0 Å². The first-order valence-electron chi connectivity index (χ1n) is 3.90. The van der Waals surface area contributed by atoms with Gasteiger partial charge in [0.1, 0.15) is 0 Å². The monoisotopic (exact) mass is 182 g/mol. The van der Waals surface area contributed by atoms with Gasteiger partial charge in [-0.3, -0.25) is 0 Å². The maximum Gasteiger partial charge on any atom is 0.335 e. The summed E-state index contributed by atoms with van der Waals surface area (Å²) in [7, 11) is 0. The third kappa shape index (κ3) is 5.84. The van der Waals surface area contributed by atoms with Gasteiger partial charge in [-0.05, 0) is 12.1 Å². The third-order valence-corrected chi connectivity index (χ3v) is 1.19. The first-order chi connectivity index (χ1) is 6.22. The van der Waals surface area contributed by atoms with E-state index in [9.17, 15) is 4.79 Å². The van der Waals surface area contributed by atoms with Crippen molar-refractivity contribution in [2.45, 2.75) is 0 Å². The van der Waals surface area contributed by atoms with Crippen LogP contribution in [0.5, 0.6) is 0 Å². The minimum Gasteiger partial charge on any atom is -0.478 e. The van der Waals surface area contributed by atoms with E-state index in [1.807, 2.05) is 0 Å². The Balaban J connectivity index is 0.000000310. The minimum atomic E-state index is -0.879. The molecular weight excluding hydrogens is 168 g/mol. The predicted octanol–water partition coefficient (Wildman–Crippen LogP) is 0.289. The van der Waals surface area contributed by atoms with Crippen LogP contribution in [-0.4, -0.2) is 24.2 Å². The van der Waals surface area contributed by atoms with Crippen LogP contribution >= 0.6 is 0 Å². The van der Waals surface area contributed by atoms with Crippen molar-refractivity contribution in [3.8, 4) is 0 Å². The van der Waals surface area contributed by atoms with Crippen molar-refractivity contribution >= 4 is 5.97 Å². The molecule has 0 unspecified atom stereocenters. The molecule has 0 amide bonds. The zero-order chi connectivity index (χ0) is 10.1. The highest BCUT2D eigenvalue weighted by Gasteiger charge is 1.96. The molecule has 1 rings (SSSR count). The number of hydrogen-bond acceptors (Lipinski definition) is 3. The van der Waals surface area contributed by atoms with E-state index in [4.69, 9.17) is 16.6 Å². The van der Waals surface area contributed by atoms with E-state index in [1.54, 1.807) is 30.3 Å². The molecule has 0 saturated carbocycles. The molecule has 0 spiro atoms. The van der Waals surface area contributed by atoms with E-state index in [0.717, 1.165) is 0 Å². The molecule has 4 heteroatoms. The Morgan fingerprint density at radius 3 is 1.85 bits per heavy atom. The topological polar surface area (TPSA) is 89.3 Å². The quantitative estimate of drug-likeness (QED) is 0.613. The average molecular weight is 182 g/mol. The molecule has 0 aliphatic carbocycles. The normalized spacial score (nSPS) is 8.46. The summed E-state index contributed by atoms with van der Waals surface area (Å²) < 4.78 is 0. The number of carbonyl (C=O) groups is 1. The van der Waals surface area contributed by atoms with Gasteiger partial charge in [-0.25, -0.2) is 4.79 Å². The molecule has 13 heavy (non-hydrogen) atoms. The molecular formula is C9H14N2O2. The maximum atomic E-state index is 10.2. The second-order valence-corrected chi connectivity index (χ2v) is 2.25. The van der Waals surface area contributed by atoms with Crippen molar-refractivity contribution in [1.29, 1.82) is 0 Å². The Bertz CT molecular complexity index is 235. The van der Waals surface area contributed by atoms with Gasteiger partial charge in [-0.1, -0.05) is 18.2 Å². The second-order valence-electron chi connectivity index (χ2n) is 2.25. The molecule has 0 saturated heterocycles. The smallest absolute Gasteiger partial charge is 0.335 e. The van der Waals surface area contributed by atoms with Crippen molar-refractivity contribution in [3.63, 3.8) is 0 Å². The Morgan fingerprint density at radius 2 is 1.62 bits per heavy atom. The molecule has 4 nitrogen and oxygen atoms in total. The van der Waals surface area contributed by atoms with Crippen LogP contribution < -0.4 is 11.5 Å². The predicted molar refractivity (Wildman–Crippen MR) is 51.5 cm³/mol. The number of aromatic carboxylic acids is 1. The molecule has 0 radical (unpaired) electrons. The summed E-state index contributed by atoms with van der Waals surface area (Å²) in [5, 5.41) is 8.38. The molecule has 0 aliphatic heterocycles. The fourth-order valence-corrected chi connectivity index (χ4v) is 0.581. The van der Waals surface area contributed by atoms with Gasteiger partial charge in [0, 0.05) is 13.1 Å². The van der Waals surface area contributed by atoms with Crippen molar-refractivity contribution in [1.82, 2.24) is 0 Å². The summed E-state index contributed by atoms with van der Waals surface area (Å²) in [6.45, 7) is 1.19. The van der Waals surface area contributed by atoms with E-state index in [0.29, 0.717) is 18.7 Å². The van der Waals surface area contributed by atoms with Crippen LogP contribution in [0.4, 0.5) is 0 Å². The first-order valence-corrected chi connectivity index (χ1v) is 3.90. The van der Waals surface area contributed by atoms with Gasteiger partial charge < -0.3 is 16.6 Å². The zero-order valence-corrected chi connectivity index (χ0v) is 7.31. The lowest BCUT2D eigenvalue weighted by Crippen LogP contribution is -2.11. The van der Waals surface area contributed by atoms with Gasteiger partial charge in [0.15, 0.2) is 0 Å². The van der Waals surface area contributed by atoms with E-state index < -0.39 is 5.97 Å². The number of rotatable bonds is 2. The van der Waals surface area contributed by atoms with Crippen LogP contribution in [0.1, 0.15) is 10.4 Å². The van der Waals surface area contributed by atoms with Crippen molar-refractivity contribution in [2.24, 2.45) is 11.5 Å². The van der Waals surface area contributed by atoms with Gasteiger partial charge in [-0.15, -0.1) is 0 Å². The summed E-state index contributed by atoms with van der Waals surface area (Å²) >= 11 is 0. The lowest BCUT2D eigenvalue weighted by atomic mass is 10.2. The summed E-state index contributed by atoms with van der Waals surface area (Å²) in [5.74, 6) is -0.879. The Kier molecular flexibility index (Phi) is 6.49. The van der Waals surface area contributed by atoms with Gasteiger partial charge in [0.05, 0.1) is 5.56 Å². The van der Waals surface area contributed by atoms with Gasteiger partial charge in [0.25, 0.3) is 0 Å². The fraction of sp³-hybridized carbons (Fsp3) is 0.222. The Labute approximate surface area is 77.2 Å². The SMILES string of the molecule is NCCN.O=C(O)c1ccccc1. The van der Waals surface area contributed by atoms with Crippen molar-refractivity contribution in [3.05, 3.63) is 35.9 Å². The fourth-order valence-electron chi connectivity index (χ4n) is 0.581. The van der Waals surface area contributed by atoms with Crippen LogP contribution in [0.25, 0.3) is 0 Å². The van der Waals surface area contributed by atoms with Crippen LogP contribution in [0.3, 0.4) is 0 Å². The lowest BCUT2D eigenvalue weighted by molar-refractivity contribution is 0.0697. The number of nitrogens with two attached hydrogens (primary N) is 2. The van der Waals surface area contributed by atoms with Gasteiger partial charge >= 0.3 is 5.97 Å². The summed E-state index contributed by atoms with van der Waals surface area (Å²) in [4.78, 5) is 10.2. The van der Waals surface area contributed by atoms with Crippen LogP contribution in [-0.2, 0) is 0 Å². The average Bonchev–Trinajstić information content (AvgIpc) is 2.19. The zero-order valence-electron chi connectivity index (χ0n) is 7.31. The number of hydrogen-bond donors (Lipinski definition) is 3. The highest BCUT2D eigenvalue weighted by Crippen LogP contribution is 1.96. The molecule has 0 aliphatic rings. The Morgan fingerprint density at radius 1 is 1.15 bits per heavy atom. The molecule has 1 aromatic rings. The molecule has 5 N–H and O–H groups in total. The second kappa shape index (κ2) is 7.27. The summed E-state index contributed by atoms with van der Waals surface area (Å²) in [6.07, 6.45) is 0. The molecule has 0 bridgehead atoms. The van der Waals surface area contributed by atoms with Crippen molar-refractivity contribution in [2.75, 3.05) is 13.1 Å². The summed E-state index contributed by atoms with van der Waals surface area (Å²) in [6, 6.07) is 8.30. The summed E-state index contributed by atoms with van der Waals surface area (Å²) in [5.41, 5.74) is 10.1. The Hall–Kier alpha value is -1.39. The van der Waals surface area contributed by atoms with Gasteiger partial charge in [0.2, 0.25) is 0 Å².